The highest BCUT2D eigenvalue weighted by Crippen LogP contribution is 2.19. The van der Waals surface area contributed by atoms with Gasteiger partial charge in [0, 0.05) is 6.54 Å². The van der Waals surface area contributed by atoms with Gasteiger partial charge < -0.3 is 15.4 Å². The summed E-state index contributed by atoms with van der Waals surface area (Å²) in [5.41, 5.74) is 7.01. The molecule has 1 aromatic rings. The van der Waals surface area contributed by atoms with Gasteiger partial charge in [0.25, 0.3) is 0 Å². The number of carbonyl (C=O) groups is 2. The van der Waals surface area contributed by atoms with E-state index in [2.05, 4.69) is 0 Å². The van der Waals surface area contributed by atoms with Gasteiger partial charge in [-0.1, -0.05) is 30.3 Å². The van der Waals surface area contributed by atoms with Crippen LogP contribution in [0.4, 0.5) is 0 Å². The zero-order valence-corrected chi connectivity index (χ0v) is 11.6. The summed E-state index contributed by atoms with van der Waals surface area (Å²) in [5.74, 6) is -0.537. The van der Waals surface area contributed by atoms with E-state index in [9.17, 15) is 9.59 Å². The van der Waals surface area contributed by atoms with Crippen LogP contribution in [0.5, 0.6) is 0 Å². The number of rotatable bonds is 4. The first-order valence-electron chi connectivity index (χ1n) is 6.81. The molecule has 5 heteroatoms. The van der Waals surface area contributed by atoms with Crippen LogP contribution in [0.1, 0.15) is 18.4 Å². The highest BCUT2D eigenvalue weighted by Gasteiger charge is 2.36. The molecule has 1 amide bonds. The molecule has 5 nitrogen and oxygen atoms in total. The van der Waals surface area contributed by atoms with E-state index in [0.717, 1.165) is 12.0 Å². The van der Waals surface area contributed by atoms with Gasteiger partial charge in [-0.25, -0.2) is 4.79 Å². The Morgan fingerprint density at radius 3 is 2.75 bits per heavy atom. The fourth-order valence-electron chi connectivity index (χ4n) is 2.58. The summed E-state index contributed by atoms with van der Waals surface area (Å²) >= 11 is 0. The van der Waals surface area contributed by atoms with Gasteiger partial charge in [0.2, 0.25) is 5.91 Å². The monoisotopic (exact) mass is 276 g/mol. The largest absolute Gasteiger partial charge is 0.467 e. The molecule has 1 heterocycles. The highest BCUT2D eigenvalue weighted by atomic mass is 16.5. The molecule has 0 saturated carbocycles. The summed E-state index contributed by atoms with van der Waals surface area (Å²) < 4.78 is 4.74. The maximum atomic E-state index is 12.4. The number of ether oxygens (including phenoxy) is 1. The Hall–Kier alpha value is -1.88. The van der Waals surface area contributed by atoms with E-state index in [1.807, 2.05) is 30.3 Å². The van der Waals surface area contributed by atoms with Crippen LogP contribution in [0.15, 0.2) is 30.3 Å². The average Bonchev–Trinajstić information content (AvgIpc) is 2.96. The molecule has 0 aromatic heterocycles. The molecule has 1 saturated heterocycles. The second kappa shape index (κ2) is 6.52. The maximum Gasteiger partial charge on any atom is 0.328 e. The van der Waals surface area contributed by atoms with Crippen LogP contribution in [0.25, 0.3) is 0 Å². The van der Waals surface area contributed by atoms with Crippen molar-refractivity contribution in [2.24, 2.45) is 5.73 Å². The quantitative estimate of drug-likeness (QED) is 0.822. The average molecular weight is 276 g/mol. The summed E-state index contributed by atoms with van der Waals surface area (Å²) in [6, 6.07) is 8.53. The highest BCUT2D eigenvalue weighted by molar-refractivity contribution is 5.88. The molecule has 2 rings (SSSR count). The van der Waals surface area contributed by atoms with Crippen molar-refractivity contribution in [1.82, 2.24) is 4.90 Å². The second-order valence-corrected chi connectivity index (χ2v) is 5.01. The molecule has 0 aliphatic carbocycles. The summed E-state index contributed by atoms with van der Waals surface area (Å²) in [6.07, 6.45) is 1.93. The van der Waals surface area contributed by atoms with Gasteiger partial charge in [0.05, 0.1) is 13.2 Å². The van der Waals surface area contributed by atoms with E-state index >= 15 is 0 Å². The van der Waals surface area contributed by atoms with Gasteiger partial charge in [0.1, 0.15) is 6.04 Å². The molecule has 1 aliphatic rings. The van der Waals surface area contributed by atoms with Crippen LogP contribution in [-0.2, 0) is 20.7 Å². The minimum absolute atomic E-state index is 0.179. The van der Waals surface area contributed by atoms with Gasteiger partial charge >= 0.3 is 5.97 Å². The summed E-state index contributed by atoms with van der Waals surface area (Å²) in [7, 11) is 1.34. The van der Waals surface area contributed by atoms with E-state index in [4.69, 9.17) is 10.5 Å². The Labute approximate surface area is 118 Å². The van der Waals surface area contributed by atoms with Crippen molar-refractivity contribution in [2.75, 3.05) is 13.7 Å². The summed E-state index contributed by atoms with van der Waals surface area (Å²) in [4.78, 5) is 25.6. The number of esters is 1. The first-order chi connectivity index (χ1) is 9.63. The lowest BCUT2D eigenvalue weighted by Crippen LogP contribution is -2.49. The molecule has 0 radical (unpaired) electrons. The SMILES string of the molecule is COC(=O)[C@@H]1CCCN1C(=O)[C@@H](N)Cc1ccccc1. The molecular formula is C15H20N2O3. The van der Waals surface area contributed by atoms with Gasteiger partial charge in [-0.15, -0.1) is 0 Å². The van der Waals surface area contributed by atoms with Crippen LogP contribution in [-0.4, -0.2) is 42.5 Å². The number of hydrogen-bond acceptors (Lipinski definition) is 4. The Kier molecular flexibility index (Phi) is 4.74. The minimum atomic E-state index is -0.623. The van der Waals surface area contributed by atoms with Crippen LogP contribution < -0.4 is 5.73 Å². The van der Waals surface area contributed by atoms with Crippen LogP contribution in [0.3, 0.4) is 0 Å². The van der Waals surface area contributed by atoms with Gasteiger partial charge in [0.15, 0.2) is 0 Å². The zero-order valence-electron chi connectivity index (χ0n) is 11.6. The van der Waals surface area contributed by atoms with E-state index in [-0.39, 0.29) is 11.9 Å². The fourth-order valence-corrected chi connectivity index (χ4v) is 2.58. The molecule has 108 valence electrons. The molecule has 1 fully saturated rings. The normalized spacial score (nSPS) is 19.7. The number of carbonyl (C=O) groups excluding carboxylic acids is 2. The molecule has 0 unspecified atom stereocenters. The molecule has 1 aromatic carbocycles. The van der Waals surface area contributed by atoms with Crippen LogP contribution in [0.2, 0.25) is 0 Å². The smallest absolute Gasteiger partial charge is 0.328 e. The first-order valence-corrected chi connectivity index (χ1v) is 6.81. The van der Waals surface area contributed by atoms with E-state index in [0.29, 0.717) is 19.4 Å². The van der Waals surface area contributed by atoms with E-state index in [1.165, 1.54) is 7.11 Å². The Morgan fingerprint density at radius 2 is 2.10 bits per heavy atom. The van der Waals surface area contributed by atoms with Gasteiger partial charge in [-0.3, -0.25) is 4.79 Å². The maximum absolute atomic E-state index is 12.4. The van der Waals surface area contributed by atoms with Crippen molar-refractivity contribution in [3.63, 3.8) is 0 Å². The molecule has 0 spiro atoms. The van der Waals surface area contributed by atoms with Crippen molar-refractivity contribution >= 4 is 11.9 Å². The third kappa shape index (κ3) is 3.17. The topological polar surface area (TPSA) is 72.6 Å². The number of nitrogens with zero attached hydrogens (tertiary/aromatic N) is 1. The van der Waals surface area contributed by atoms with Gasteiger partial charge in [-0.05, 0) is 24.8 Å². The number of nitrogens with two attached hydrogens (primary N) is 1. The first kappa shape index (κ1) is 14.5. The number of likely N-dealkylation sites (tertiary alicyclic amines) is 1. The molecular weight excluding hydrogens is 256 g/mol. The summed E-state index contributed by atoms with van der Waals surface area (Å²) in [5, 5.41) is 0. The molecule has 20 heavy (non-hydrogen) atoms. The van der Waals surface area contributed by atoms with Crippen LogP contribution >= 0.6 is 0 Å². The Bertz CT molecular complexity index is 475. The number of amides is 1. The van der Waals surface area contributed by atoms with Crippen molar-refractivity contribution < 1.29 is 14.3 Å². The molecule has 2 N–H and O–H groups in total. The van der Waals surface area contributed by atoms with Gasteiger partial charge in [-0.2, -0.15) is 0 Å². The Morgan fingerprint density at radius 1 is 1.40 bits per heavy atom. The zero-order chi connectivity index (χ0) is 14.5. The molecule has 0 bridgehead atoms. The lowest BCUT2D eigenvalue weighted by Gasteiger charge is -2.25. The minimum Gasteiger partial charge on any atom is -0.467 e. The predicted octanol–water partition coefficient (Wildman–Crippen LogP) is 0.720. The molecule has 2 atom stereocenters. The van der Waals surface area contributed by atoms with Crippen molar-refractivity contribution in [3.8, 4) is 0 Å². The van der Waals surface area contributed by atoms with Crippen molar-refractivity contribution in [1.29, 1.82) is 0 Å². The number of benzene rings is 1. The van der Waals surface area contributed by atoms with E-state index in [1.54, 1.807) is 4.90 Å². The molecule has 1 aliphatic heterocycles. The van der Waals surface area contributed by atoms with Crippen LogP contribution in [0, 0.1) is 0 Å². The third-order valence-corrected chi connectivity index (χ3v) is 3.62. The standard InChI is InChI=1S/C15H20N2O3/c1-20-15(19)13-8-5-9-17(13)14(18)12(16)10-11-6-3-2-4-7-11/h2-4,6-7,12-13H,5,8-10,16H2,1H3/t12-,13-/m0/s1. The fraction of sp³-hybridized carbons (Fsp3) is 0.467. The van der Waals surface area contributed by atoms with E-state index < -0.39 is 12.1 Å². The van der Waals surface area contributed by atoms with Crippen molar-refractivity contribution in [2.45, 2.75) is 31.3 Å². The third-order valence-electron chi connectivity index (χ3n) is 3.62. The Balaban J connectivity index is 2.01. The lowest BCUT2D eigenvalue weighted by molar-refractivity contribution is -0.151. The summed E-state index contributed by atoms with van der Waals surface area (Å²) in [6.45, 7) is 0.571. The van der Waals surface area contributed by atoms with Crippen molar-refractivity contribution in [3.05, 3.63) is 35.9 Å². The lowest BCUT2D eigenvalue weighted by atomic mass is 10.1. The number of hydrogen-bond donors (Lipinski definition) is 1. The number of methoxy groups -OCH3 is 1. The second-order valence-electron chi connectivity index (χ2n) is 5.01. The predicted molar refractivity (Wildman–Crippen MR) is 74.9 cm³/mol.